The Kier molecular flexibility index (Phi) is 4.85. The fourth-order valence-corrected chi connectivity index (χ4v) is 2.13. The number of rotatable bonds is 5. The van der Waals surface area contributed by atoms with E-state index in [9.17, 15) is 9.59 Å². The quantitative estimate of drug-likeness (QED) is 0.777. The van der Waals surface area contributed by atoms with Crippen molar-refractivity contribution >= 4 is 39.7 Å². The minimum atomic E-state index is -0.358. The summed E-state index contributed by atoms with van der Waals surface area (Å²) in [7, 11) is 1.44. The molecule has 4 N–H and O–H groups in total. The number of anilines is 3. The fourth-order valence-electron chi connectivity index (χ4n) is 1.59. The first-order valence-corrected chi connectivity index (χ1v) is 6.87. The summed E-state index contributed by atoms with van der Waals surface area (Å²) in [5.41, 5.74) is 6.85. The van der Waals surface area contributed by atoms with Gasteiger partial charge in [-0.2, -0.15) is 0 Å². The van der Waals surface area contributed by atoms with Crippen LogP contribution in [0.2, 0.25) is 0 Å². The van der Waals surface area contributed by atoms with Crippen LogP contribution in [0.5, 0.6) is 0 Å². The number of carbonyl (C=O) groups is 2. The van der Waals surface area contributed by atoms with E-state index in [2.05, 4.69) is 15.6 Å². The lowest BCUT2D eigenvalue weighted by atomic mass is 10.2. The topological polar surface area (TPSA) is 106 Å². The fraction of sp³-hybridized carbons (Fsp3) is 0.154. The maximum Gasteiger partial charge on any atom is 0.275 e. The van der Waals surface area contributed by atoms with E-state index in [1.54, 1.807) is 29.6 Å². The van der Waals surface area contributed by atoms with Crippen LogP contribution in [0, 0.1) is 0 Å². The molecule has 1 aromatic heterocycles. The average Bonchev–Trinajstić information content (AvgIpc) is 2.86. The first kappa shape index (κ1) is 14.9. The minimum Gasteiger partial charge on any atom is -0.375 e. The summed E-state index contributed by atoms with van der Waals surface area (Å²) in [6.07, 6.45) is 0. The number of aromatic nitrogens is 1. The third-order valence-electron chi connectivity index (χ3n) is 2.43. The van der Waals surface area contributed by atoms with Gasteiger partial charge >= 0.3 is 0 Å². The monoisotopic (exact) mass is 306 g/mol. The zero-order valence-corrected chi connectivity index (χ0v) is 12.1. The van der Waals surface area contributed by atoms with Crippen LogP contribution < -0.4 is 16.4 Å². The molecule has 8 heteroatoms. The molecule has 0 fully saturated rings. The summed E-state index contributed by atoms with van der Waals surface area (Å²) < 4.78 is 4.73. The van der Waals surface area contributed by atoms with Gasteiger partial charge in [-0.3, -0.25) is 9.59 Å². The van der Waals surface area contributed by atoms with E-state index in [0.717, 1.165) is 0 Å². The summed E-state index contributed by atoms with van der Waals surface area (Å²) in [4.78, 5) is 27.3. The highest BCUT2D eigenvalue weighted by Crippen LogP contribution is 2.17. The standard InChI is InChI=1S/C13H14N4O3S/c1-20-6-11(18)15-8-3-2-4-9(5-8)16-12(19)10-7-21-13(14)17-10/h2-5,7H,6H2,1H3,(H2,14,17)(H,15,18)(H,16,19). The maximum atomic E-state index is 11.9. The number of ether oxygens (including phenoxy) is 1. The molecule has 0 radical (unpaired) electrons. The molecule has 0 bridgehead atoms. The lowest BCUT2D eigenvalue weighted by Gasteiger charge is -2.07. The van der Waals surface area contributed by atoms with Crippen molar-refractivity contribution in [1.82, 2.24) is 4.98 Å². The van der Waals surface area contributed by atoms with Crippen molar-refractivity contribution in [3.8, 4) is 0 Å². The Bertz CT molecular complexity index is 656. The molecule has 0 aliphatic heterocycles. The molecule has 1 heterocycles. The van der Waals surface area contributed by atoms with Gasteiger partial charge in [0.25, 0.3) is 5.91 Å². The molecule has 0 unspecified atom stereocenters. The molecule has 0 saturated carbocycles. The molecule has 2 amide bonds. The molecular weight excluding hydrogens is 292 g/mol. The number of thiazole rings is 1. The van der Waals surface area contributed by atoms with Crippen molar-refractivity contribution in [3.05, 3.63) is 35.3 Å². The van der Waals surface area contributed by atoms with Gasteiger partial charge in [0.2, 0.25) is 5.91 Å². The van der Waals surface area contributed by atoms with E-state index >= 15 is 0 Å². The second kappa shape index (κ2) is 6.82. The zero-order valence-electron chi connectivity index (χ0n) is 11.3. The molecular formula is C13H14N4O3S. The van der Waals surface area contributed by atoms with Crippen LogP contribution in [0.4, 0.5) is 16.5 Å². The van der Waals surface area contributed by atoms with Crippen LogP contribution in [-0.4, -0.2) is 30.5 Å². The van der Waals surface area contributed by atoms with Gasteiger partial charge in [-0.15, -0.1) is 11.3 Å². The number of nitrogens with zero attached hydrogens (tertiary/aromatic N) is 1. The third-order valence-corrected chi connectivity index (χ3v) is 3.11. The van der Waals surface area contributed by atoms with Gasteiger partial charge < -0.3 is 21.1 Å². The Morgan fingerprint density at radius 2 is 2.05 bits per heavy atom. The molecule has 2 rings (SSSR count). The Balaban J connectivity index is 2.04. The van der Waals surface area contributed by atoms with Crippen molar-refractivity contribution in [3.63, 3.8) is 0 Å². The number of carbonyl (C=O) groups excluding carboxylic acids is 2. The number of hydrogen-bond donors (Lipinski definition) is 3. The summed E-state index contributed by atoms with van der Waals surface area (Å²) in [5, 5.41) is 7.25. The van der Waals surface area contributed by atoms with Gasteiger partial charge in [0.15, 0.2) is 5.13 Å². The first-order chi connectivity index (χ1) is 10.1. The lowest BCUT2D eigenvalue weighted by Crippen LogP contribution is -2.17. The Morgan fingerprint density at radius 3 is 2.67 bits per heavy atom. The van der Waals surface area contributed by atoms with Crippen LogP contribution in [0.3, 0.4) is 0 Å². The van der Waals surface area contributed by atoms with E-state index in [4.69, 9.17) is 10.5 Å². The number of nitrogens with one attached hydrogen (secondary N) is 2. The van der Waals surface area contributed by atoms with Crippen LogP contribution in [0.15, 0.2) is 29.6 Å². The molecule has 7 nitrogen and oxygen atoms in total. The predicted octanol–water partition coefficient (Wildman–Crippen LogP) is 1.56. The second-order valence-electron chi connectivity index (χ2n) is 4.09. The highest BCUT2D eigenvalue weighted by molar-refractivity contribution is 7.13. The van der Waals surface area contributed by atoms with E-state index in [1.807, 2.05) is 0 Å². The van der Waals surface area contributed by atoms with Crippen LogP contribution in [0.25, 0.3) is 0 Å². The van der Waals surface area contributed by atoms with E-state index in [0.29, 0.717) is 16.5 Å². The average molecular weight is 306 g/mol. The number of nitrogens with two attached hydrogens (primary N) is 1. The van der Waals surface area contributed by atoms with E-state index in [-0.39, 0.29) is 24.1 Å². The van der Waals surface area contributed by atoms with Gasteiger partial charge in [-0.25, -0.2) is 4.98 Å². The van der Waals surface area contributed by atoms with Crippen LogP contribution in [-0.2, 0) is 9.53 Å². The first-order valence-electron chi connectivity index (χ1n) is 5.99. The highest BCUT2D eigenvalue weighted by atomic mass is 32.1. The van der Waals surface area contributed by atoms with Gasteiger partial charge in [0.05, 0.1) is 0 Å². The van der Waals surface area contributed by atoms with Crippen LogP contribution in [0.1, 0.15) is 10.5 Å². The normalized spacial score (nSPS) is 10.1. The van der Waals surface area contributed by atoms with Crippen molar-refractivity contribution in [2.45, 2.75) is 0 Å². The van der Waals surface area contributed by atoms with Gasteiger partial charge in [0.1, 0.15) is 12.3 Å². The van der Waals surface area contributed by atoms with Gasteiger partial charge in [-0.05, 0) is 18.2 Å². The van der Waals surface area contributed by atoms with Gasteiger partial charge in [-0.1, -0.05) is 6.07 Å². The maximum absolute atomic E-state index is 11.9. The Labute approximate surface area is 125 Å². The lowest BCUT2D eigenvalue weighted by molar-refractivity contribution is -0.119. The highest BCUT2D eigenvalue weighted by Gasteiger charge is 2.10. The number of hydrogen-bond acceptors (Lipinski definition) is 6. The SMILES string of the molecule is COCC(=O)Nc1cccc(NC(=O)c2csc(N)n2)c1. The number of benzene rings is 1. The third kappa shape index (κ3) is 4.26. The molecule has 0 aliphatic rings. The number of amides is 2. The zero-order chi connectivity index (χ0) is 15.2. The molecule has 1 aromatic carbocycles. The van der Waals surface area contributed by atoms with Crippen LogP contribution >= 0.6 is 11.3 Å². The van der Waals surface area contributed by atoms with E-state index in [1.165, 1.54) is 18.4 Å². The summed E-state index contributed by atoms with van der Waals surface area (Å²) in [6.45, 7) is -0.0330. The van der Waals surface area contributed by atoms with Crippen molar-refractivity contribution in [1.29, 1.82) is 0 Å². The van der Waals surface area contributed by atoms with Crippen molar-refractivity contribution in [2.75, 3.05) is 30.1 Å². The van der Waals surface area contributed by atoms with Crippen molar-refractivity contribution < 1.29 is 14.3 Å². The molecule has 110 valence electrons. The largest absolute Gasteiger partial charge is 0.375 e. The van der Waals surface area contributed by atoms with E-state index < -0.39 is 0 Å². The second-order valence-corrected chi connectivity index (χ2v) is 4.98. The van der Waals surface area contributed by atoms with Crippen molar-refractivity contribution in [2.24, 2.45) is 0 Å². The molecule has 0 saturated heterocycles. The molecule has 2 aromatic rings. The van der Waals surface area contributed by atoms with Gasteiger partial charge in [0, 0.05) is 23.9 Å². The molecule has 0 spiro atoms. The summed E-state index contributed by atoms with van der Waals surface area (Å²) in [6, 6.07) is 6.78. The Hall–Kier alpha value is -2.45. The molecule has 0 aliphatic carbocycles. The summed E-state index contributed by atoms with van der Waals surface area (Å²) >= 11 is 1.20. The minimum absolute atomic E-state index is 0.0330. The number of nitrogen functional groups attached to an aromatic ring is 1. The molecule has 0 atom stereocenters. The predicted molar refractivity (Wildman–Crippen MR) is 81.4 cm³/mol. The summed E-state index contributed by atoms with van der Waals surface area (Å²) in [5.74, 6) is -0.628. The number of methoxy groups -OCH3 is 1. The smallest absolute Gasteiger partial charge is 0.275 e. The molecule has 21 heavy (non-hydrogen) atoms. The Morgan fingerprint density at radius 1 is 1.33 bits per heavy atom.